The number of aromatic nitrogens is 4. The third-order valence-corrected chi connectivity index (χ3v) is 5.34. The van der Waals surface area contributed by atoms with Crippen LogP contribution < -0.4 is 9.64 Å². The Morgan fingerprint density at radius 1 is 1.16 bits per heavy atom. The van der Waals surface area contributed by atoms with E-state index in [1.165, 1.54) is 12.1 Å². The topological polar surface area (TPSA) is 66.9 Å². The molecule has 0 spiro atoms. The number of rotatable bonds is 6. The maximum Gasteiger partial charge on any atom is 0.416 e. The molecule has 1 saturated heterocycles. The number of hydrogen-bond acceptors (Lipinski definition) is 5. The average Bonchev–Trinajstić information content (AvgIpc) is 3.36. The van der Waals surface area contributed by atoms with Crippen molar-refractivity contribution in [2.45, 2.75) is 38.8 Å². The predicted molar refractivity (Wildman–Crippen MR) is 110 cm³/mol. The number of aryl methyl sites for hydroxylation is 2. The Bertz CT molecular complexity index is 1030. The van der Waals surface area contributed by atoms with E-state index in [1.807, 2.05) is 26.0 Å². The van der Waals surface area contributed by atoms with Gasteiger partial charge in [0, 0.05) is 42.9 Å². The summed E-state index contributed by atoms with van der Waals surface area (Å²) in [4.78, 5) is 11.1. The van der Waals surface area contributed by atoms with Crippen LogP contribution in [0.3, 0.4) is 0 Å². The number of nitrogens with zero attached hydrogens (tertiary/aromatic N) is 4. The van der Waals surface area contributed by atoms with E-state index in [4.69, 9.17) is 4.74 Å². The van der Waals surface area contributed by atoms with Gasteiger partial charge in [0.2, 0.25) is 0 Å². The highest BCUT2D eigenvalue weighted by Gasteiger charge is 2.30. The Labute approximate surface area is 178 Å². The number of benzene rings is 1. The maximum absolute atomic E-state index is 12.8. The highest BCUT2D eigenvalue weighted by molar-refractivity contribution is 5.42. The van der Waals surface area contributed by atoms with Gasteiger partial charge in [-0.1, -0.05) is 6.07 Å². The monoisotopic (exact) mass is 431 g/mol. The summed E-state index contributed by atoms with van der Waals surface area (Å²) in [6.07, 6.45) is -2.87. The van der Waals surface area contributed by atoms with Crippen molar-refractivity contribution in [3.8, 4) is 5.75 Å². The van der Waals surface area contributed by atoms with E-state index < -0.39 is 11.7 Å². The smallest absolute Gasteiger partial charge is 0.416 e. The number of hydrogen-bond donors (Lipinski definition) is 1. The maximum atomic E-state index is 12.8. The number of H-pyrrole nitrogens is 1. The van der Waals surface area contributed by atoms with Gasteiger partial charge in [-0.2, -0.15) is 18.3 Å². The fraction of sp³-hybridized carbons (Fsp3) is 0.409. The molecule has 1 N–H and O–H groups in total. The SMILES string of the molecule is Cc1cc(N2CC[C@H](c3cc(CCOc4cccc(C(F)(F)F)c4)[nH]n3)C2)nc(C)n1. The van der Waals surface area contributed by atoms with Crippen LogP contribution in [0.5, 0.6) is 5.75 Å². The molecular weight excluding hydrogens is 407 g/mol. The summed E-state index contributed by atoms with van der Waals surface area (Å²) in [5.41, 5.74) is 2.12. The highest BCUT2D eigenvalue weighted by Crippen LogP contribution is 2.32. The van der Waals surface area contributed by atoms with Crippen LogP contribution in [0.1, 0.15) is 40.8 Å². The van der Waals surface area contributed by atoms with Gasteiger partial charge in [0.05, 0.1) is 17.9 Å². The van der Waals surface area contributed by atoms with E-state index in [0.29, 0.717) is 12.3 Å². The first kappa shape index (κ1) is 21.1. The minimum atomic E-state index is -4.38. The molecule has 4 rings (SSSR count). The quantitative estimate of drug-likeness (QED) is 0.625. The van der Waals surface area contributed by atoms with Crippen molar-refractivity contribution in [3.05, 3.63) is 64.9 Å². The molecule has 0 saturated carbocycles. The van der Waals surface area contributed by atoms with Crippen LogP contribution >= 0.6 is 0 Å². The Morgan fingerprint density at radius 2 is 2.00 bits per heavy atom. The Kier molecular flexibility index (Phi) is 5.84. The average molecular weight is 431 g/mol. The summed E-state index contributed by atoms with van der Waals surface area (Å²) in [6, 6.07) is 8.93. The normalized spacial score (nSPS) is 16.7. The van der Waals surface area contributed by atoms with E-state index in [1.54, 1.807) is 0 Å². The number of aromatic amines is 1. The van der Waals surface area contributed by atoms with Gasteiger partial charge in [0.15, 0.2) is 0 Å². The van der Waals surface area contributed by atoms with E-state index in [0.717, 1.165) is 60.4 Å². The van der Waals surface area contributed by atoms with Crippen molar-refractivity contribution < 1.29 is 17.9 Å². The summed E-state index contributed by atoms with van der Waals surface area (Å²) >= 11 is 0. The van der Waals surface area contributed by atoms with E-state index in [-0.39, 0.29) is 12.4 Å². The molecule has 0 unspecified atom stereocenters. The molecule has 6 nitrogen and oxygen atoms in total. The molecule has 1 fully saturated rings. The van der Waals surface area contributed by atoms with Gasteiger partial charge in [-0.15, -0.1) is 0 Å². The molecule has 3 aromatic rings. The van der Waals surface area contributed by atoms with Crippen LogP contribution in [0.25, 0.3) is 0 Å². The molecule has 3 heterocycles. The Morgan fingerprint density at radius 3 is 2.77 bits per heavy atom. The number of alkyl halides is 3. The van der Waals surface area contributed by atoms with Crippen molar-refractivity contribution in [1.82, 2.24) is 20.2 Å². The van der Waals surface area contributed by atoms with Crippen molar-refractivity contribution in [3.63, 3.8) is 0 Å². The minimum Gasteiger partial charge on any atom is -0.493 e. The molecule has 1 aliphatic rings. The lowest BCUT2D eigenvalue weighted by atomic mass is 10.0. The summed E-state index contributed by atoms with van der Waals surface area (Å²) in [5, 5.41) is 7.47. The van der Waals surface area contributed by atoms with Crippen molar-refractivity contribution in [2.24, 2.45) is 0 Å². The second kappa shape index (κ2) is 8.56. The lowest BCUT2D eigenvalue weighted by Gasteiger charge is -2.17. The van der Waals surface area contributed by atoms with Crippen LogP contribution in [0.15, 0.2) is 36.4 Å². The lowest BCUT2D eigenvalue weighted by molar-refractivity contribution is -0.137. The van der Waals surface area contributed by atoms with Crippen LogP contribution in [0.2, 0.25) is 0 Å². The second-order valence-electron chi connectivity index (χ2n) is 7.79. The fourth-order valence-electron chi connectivity index (χ4n) is 3.83. The van der Waals surface area contributed by atoms with Crippen molar-refractivity contribution >= 4 is 5.82 Å². The van der Waals surface area contributed by atoms with Gasteiger partial charge in [-0.3, -0.25) is 5.10 Å². The summed E-state index contributed by atoms with van der Waals surface area (Å²) < 4.78 is 43.9. The van der Waals surface area contributed by atoms with Crippen LogP contribution in [0.4, 0.5) is 19.0 Å². The van der Waals surface area contributed by atoms with Gasteiger partial charge in [0.1, 0.15) is 17.4 Å². The largest absolute Gasteiger partial charge is 0.493 e. The van der Waals surface area contributed by atoms with Crippen LogP contribution in [-0.2, 0) is 12.6 Å². The van der Waals surface area contributed by atoms with Crippen LogP contribution in [-0.4, -0.2) is 39.9 Å². The van der Waals surface area contributed by atoms with Gasteiger partial charge in [-0.25, -0.2) is 9.97 Å². The molecule has 0 bridgehead atoms. The number of nitrogens with one attached hydrogen (secondary N) is 1. The molecule has 1 aromatic carbocycles. The first-order valence-electron chi connectivity index (χ1n) is 10.2. The lowest BCUT2D eigenvalue weighted by Crippen LogP contribution is -2.21. The number of anilines is 1. The molecular formula is C22H24F3N5O. The summed E-state index contributed by atoms with van der Waals surface area (Å²) in [5.74, 6) is 2.21. The first-order valence-corrected chi connectivity index (χ1v) is 10.2. The molecule has 31 heavy (non-hydrogen) atoms. The van der Waals surface area contributed by atoms with E-state index in [9.17, 15) is 13.2 Å². The zero-order valence-corrected chi connectivity index (χ0v) is 17.4. The van der Waals surface area contributed by atoms with Crippen LogP contribution in [0, 0.1) is 13.8 Å². The third-order valence-electron chi connectivity index (χ3n) is 5.34. The Hall–Kier alpha value is -3.10. The van der Waals surface area contributed by atoms with Gasteiger partial charge >= 0.3 is 6.18 Å². The molecule has 164 valence electrons. The van der Waals surface area contributed by atoms with Gasteiger partial charge < -0.3 is 9.64 Å². The molecule has 0 aliphatic carbocycles. The standard InChI is InChI=1S/C22H24F3N5O/c1-14-10-21(27-15(2)26-14)30-8-6-16(13-30)20-12-18(28-29-20)7-9-31-19-5-3-4-17(11-19)22(23,24)25/h3-5,10-12,16H,6-9,13H2,1-2H3,(H,28,29)/t16-/m0/s1. The van der Waals surface area contributed by atoms with Gasteiger partial charge in [-0.05, 0) is 44.5 Å². The van der Waals surface area contributed by atoms with Crippen molar-refractivity contribution in [1.29, 1.82) is 0 Å². The first-order chi connectivity index (χ1) is 14.8. The molecule has 0 amide bonds. The molecule has 9 heteroatoms. The number of halogens is 3. The summed E-state index contributed by atoms with van der Waals surface area (Å²) in [6.45, 7) is 5.86. The van der Waals surface area contributed by atoms with E-state index in [2.05, 4.69) is 25.1 Å². The number of ether oxygens (including phenoxy) is 1. The summed E-state index contributed by atoms with van der Waals surface area (Å²) in [7, 11) is 0. The van der Waals surface area contributed by atoms with Crippen molar-refractivity contribution in [2.75, 3.05) is 24.6 Å². The second-order valence-corrected chi connectivity index (χ2v) is 7.79. The predicted octanol–water partition coefficient (Wildman–Crippen LogP) is 4.45. The van der Waals surface area contributed by atoms with Gasteiger partial charge in [0.25, 0.3) is 0 Å². The zero-order valence-electron chi connectivity index (χ0n) is 17.4. The molecule has 2 aromatic heterocycles. The third kappa shape index (κ3) is 5.15. The minimum absolute atomic E-state index is 0.205. The fourth-order valence-corrected chi connectivity index (χ4v) is 3.83. The molecule has 1 atom stereocenters. The zero-order chi connectivity index (χ0) is 22.0. The Balaban J connectivity index is 1.32. The van der Waals surface area contributed by atoms with E-state index >= 15 is 0 Å². The highest BCUT2D eigenvalue weighted by atomic mass is 19.4. The molecule has 1 aliphatic heterocycles. The molecule has 0 radical (unpaired) electrons.